The molecule has 0 saturated heterocycles. The van der Waals surface area contributed by atoms with Gasteiger partial charge in [0.15, 0.2) is 11.6 Å². The summed E-state index contributed by atoms with van der Waals surface area (Å²) >= 11 is 8.74. The SMILES string of the molecule is C=CC1SC(N)=C(c2cccc(CCCC)c2)C1=O.CCC1SC(N)=C(c2cccc(Cl)c2)C1=O. The molecular weight excluding hydrogens is 496 g/mol. The smallest absolute Gasteiger partial charge is 0.183 e. The Bertz CT molecular complexity index is 1190. The third kappa shape index (κ3) is 6.43. The number of Topliss-reactive ketones (excluding diaryl/α,β-unsaturated/α-hetero) is 2. The number of aryl methyl sites for hydroxylation is 1. The molecule has 0 saturated carbocycles. The Morgan fingerprint density at radius 2 is 1.57 bits per heavy atom. The predicted octanol–water partition coefficient (Wildman–Crippen LogP) is 6.59. The molecule has 4 nitrogen and oxygen atoms in total. The van der Waals surface area contributed by atoms with Crippen LogP contribution in [-0.2, 0) is 16.0 Å². The normalized spacial score (nSPS) is 19.7. The van der Waals surface area contributed by atoms with Crippen molar-refractivity contribution < 1.29 is 9.59 Å². The van der Waals surface area contributed by atoms with E-state index in [1.807, 2.05) is 31.2 Å². The lowest BCUT2D eigenvalue weighted by molar-refractivity contribution is -0.113. The highest BCUT2D eigenvalue weighted by molar-refractivity contribution is 8.05. The molecule has 4 N–H and O–H groups in total. The predicted molar refractivity (Wildman–Crippen MR) is 152 cm³/mol. The Hall–Kier alpha value is -2.41. The van der Waals surface area contributed by atoms with Crippen molar-refractivity contribution in [2.75, 3.05) is 0 Å². The van der Waals surface area contributed by atoms with Gasteiger partial charge < -0.3 is 11.5 Å². The lowest BCUT2D eigenvalue weighted by Crippen LogP contribution is -2.12. The molecule has 7 heteroatoms. The summed E-state index contributed by atoms with van der Waals surface area (Å²) in [6.45, 7) is 7.86. The zero-order valence-corrected chi connectivity index (χ0v) is 22.4. The van der Waals surface area contributed by atoms with E-state index in [-0.39, 0.29) is 22.1 Å². The highest BCUT2D eigenvalue weighted by atomic mass is 35.5. The number of unbranched alkanes of at least 4 members (excludes halogenated alkanes) is 1. The first-order chi connectivity index (χ1) is 16.8. The van der Waals surface area contributed by atoms with E-state index in [2.05, 4.69) is 25.6 Å². The number of carbonyl (C=O) groups excluding carboxylic acids is 2. The molecule has 184 valence electrons. The fourth-order valence-corrected chi connectivity index (χ4v) is 6.12. The summed E-state index contributed by atoms with van der Waals surface area (Å²) in [6, 6.07) is 15.4. The number of thioether (sulfide) groups is 2. The average Bonchev–Trinajstić information content (AvgIpc) is 3.31. The van der Waals surface area contributed by atoms with Crippen molar-refractivity contribution in [1.29, 1.82) is 0 Å². The molecule has 2 aliphatic rings. The number of allylic oxidation sites excluding steroid dienone is 2. The first-order valence-corrected chi connectivity index (χ1v) is 13.8. The van der Waals surface area contributed by atoms with Gasteiger partial charge in [-0.1, -0.05) is 97.9 Å². The quantitative estimate of drug-likeness (QED) is 0.396. The molecule has 4 rings (SSSR count). The van der Waals surface area contributed by atoms with Gasteiger partial charge in [0.2, 0.25) is 0 Å². The molecule has 0 spiro atoms. The average molecular weight is 527 g/mol. The highest BCUT2D eigenvalue weighted by Crippen LogP contribution is 2.39. The topological polar surface area (TPSA) is 86.2 Å². The Kier molecular flexibility index (Phi) is 9.72. The van der Waals surface area contributed by atoms with Gasteiger partial charge in [0, 0.05) is 5.02 Å². The van der Waals surface area contributed by atoms with E-state index in [1.54, 1.807) is 18.2 Å². The third-order valence-corrected chi connectivity index (χ3v) is 8.44. The van der Waals surface area contributed by atoms with Gasteiger partial charge in [-0.25, -0.2) is 0 Å². The molecule has 0 aromatic heterocycles. The van der Waals surface area contributed by atoms with E-state index in [9.17, 15) is 9.59 Å². The molecule has 0 fully saturated rings. The van der Waals surface area contributed by atoms with Crippen LogP contribution in [0.4, 0.5) is 0 Å². The van der Waals surface area contributed by atoms with E-state index < -0.39 is 0 Å². The minimum atomic E-state index is -0.228. The van der Waals surface area contributed by atoms with Crippen molar-refractivity contribution in [3.8, 4) is 0 Å². The molecule has 0 radical (unpaired) electrons. The summed E-state index contributed by atoms with van der Waals surface area (Å²) in [5.41, 5.74) is 16.2. The van der Waals surface area contributed by atoms with Crippen LogP contribution < -0.4 is 11.5 Å². The molecule has 0 aliphatic carbocycles. The summed E-state index contributed by atoms with van der Waals surface area (Å²) in [6.07, 6.45) is 5.84. The lowest BCUT2D eigenvalue weighted by atomic mass is 9.97. The van der Waals surface area contributed by atoms with Crippen molar-refractivity contribution in [3.05, 3.63) is 93.0 Å². The van der Waals surface area contributed by atoms with E-state index in [0.717, 1.165) is 30.4 Å². The van der Waals surface area contributed by atoms with Crippen molar-refractivity contribution >= 4 is 57.8 Å². The molecular formula is C28H31ClN2O2S2. The van der Waals surface area contributed by atoms with Crippen LogP contribution in [0.25, 0.3) is 11.1 Å². The second-order valence-corrected chi connectivity index (χ2v) is 11.2. The van der Waals surface area contributed by atoms with Gasteiger partial charge in [0.1, 0.15) is 0 Å². The fraction of sp³-hybridized carbons (Fsp3) is 0.286. The number of hydrogen-bond donors (Lipinski definition) is 2. The van der Waals surface area contributed by atoms with Crippen LogP contribution in [0.2, 0.25) is 5.02 Å². The van der Waals surface area contributed by atoms with Crippen molar-refractivity contribution in [2.24, 2.45) is 11.5 Å². The second-order valence-electron chi connectivity index (χ2n) is 8.31. The lowest BCUT2D eigenvalue weighted by Gasteiger charge is -2.06. The van der Waals surface area contributed by atoms with Gasteiger partial charge in [0.05, 0.1) is 31.7 Å². The summed E-state index contributed by atoms with van der Waals surface area (Å²) in [5, 5.41) is 1.58. The van der Waals surface area contributed by atoms with Crippen LogP contribution in [0.15, 0.2) is 71.2 Å². The summed E-state index contributed by atoms with van der Waals surface area (Å²) in [5.74, 6) is 0.192. The molecule has 0 amide bonds. The summed E-state index contributed by atoms with van der Waals surface area (Å²) in [4.78, 5) is 24.3. The van der Waals surface area contributed by atoms with E-state index in [0.29, 0.717) is 26.2 Å². The number of rotatable bonds is 7. The number of ketones is 2. The maximum atomic E-state index is 12.2. The minimum absolute atomic E-state index is 0.0334. The maximum Gasteiger partial charge on any atom is 0.183 e. The van der Waals surface area contributed by atoms with Gasteiger partial charge in [0.25, 0.3) is 0 Å². The summed E-state index contributed by atoms with van der Waals surface area (Å²) in [7, 11) is 0. The first-order valence-electron chi connectivity index (χ1n) is 11.7. The van der Waals surface area contributed by atoms with Crippen molar-refractivity contribution in [3.63, 3.8) is 0 Å². The Labute approximate surface area is 221 Å². The first kappa shape index (κ1) is 27.2. The van der Waals surface area contributed by atoms with Crippen LogP contribution in [0.3, 0.4) is 0 Å². The monoisotopic (exact) mass is 526 g/mol. The van der Waals surface area contributed by atoms with Crippen LogP contribution in [0, 0.1) is 0 Å². The Balaban J connectivity index is 0.000000198. The van der Waals surface area contributed by atoms with Gasteiger partial charge in [-0.2, -0.15) is 0 Å². The molecule has 2 atom stereocenters. The molecule has 2 unspecified atom stereocenters. The standard InChI is InChI=1S/C16H19NOS.C12H12ClNOS/c1-3-5-7-11-8-6-9-12(10-11)14-15(18)13(4-2)19-16(14)17;1-2-9-11(15)10(12(14)16-9)7-4-3-5-8(13)6-7/h4,6,8-10,13H,2-3,5,7,17H2,1H3;3-6,9H,2,14H2,1H3. The fourth-order valence-electron chi connectivity index (χ4n) is 3.96. The molecule has 2 aromatic carbocycles. The van der Waals surface area contributed by atoms with Crippen molar-refractivity contribution in [2.45, 2.75) is 50.0 Å². The van der Waals surface area contributed by atoms with Crippen LogP contribution >= 0.6 is 35.1 Å². The number of benzene rings is 2. The molecule has 35 heavy (non-hydrogen) atoms. The third-order valence-electron chi connectivity index (χ3n) is 5.79. The van der Waals surface area contributed by atoms with Gasteiger partial charge in [-0.3, -0.25) is 9.59 Å². The number of carbonyl (C=O) groups is 2. The van der Waals surface area contributed by atoms with E-state index >= 15 is 0 Å². The molecule has 0 bridgehead atoms. The zero-order valence-electron chi connectivity index (χ0n) is 20.1. The minimum Gasteiger partial charge on any atom is -0.393 e. The Morgan fingerprint density at radius 3 is 2.14 bits per heavy atom. The molecule has 2 aromatic rings. The number of hydrogen-bond acceptors (Lipinski definition) is 6. The van der Waals surface area contributed by atoms with Crippen molar-refractivity contribution in [1.82, 2.24) is 0 Å². The zero-order chi connectivity index (χ0) is 25.5. The Morgan fingerprint density at radius 1 is 0.943 bits per heavy atom. The van der Waals surface area contributed by atoms with Gasteiger partial charge >= 0.3 is 0 Å². The van der Waals surface area contributed by atoms with E-state index in [1.165, 1.54) is 35.5 Å². The van der Waals surface area contributed by atoms with Crippen LogP contribution in [0.5, 0.6) is 0 Å². The highest BCUT2D eigenvalue weighted by Gasteiger charge is 2.32. The largest absolute Gasteiger partial charge is 0.393 e. The second kappa shape index (κ2) is 12.5. The number of nitrogens with two attached hydrogens (primary N) is 2. The number of halogens is 1. The van der Waals surface area contributed by atoms with E-state index in [4.69, 9.17) is 23.1 Å². The van der Waals surface area contributed by atoms with Gasteiger partial charge in [-0.15, -0.1) is 6.58 Å². The maximum absolute atomic E-state index is 12.2. The van der Waals surface area contributed by atoms with Gasteiger partial charge in [-0.05, 0) is 48.1 Å². The molecule has 2 aliphatic heterocycles. The van der Waals surface area contributed by atoms with Crippen LogP contribution in [0.1, 0.15) is 49.8 Å². The molecule has 2 heterocycles. The summed E-state index contributed by atoms with van der Waals surface area (Å²) < 4.78 is 0. The van der Waals surface area contributed by atoms with Crippen LogP contribution in [-0.4, -0.2) is 22.1 Å².